The van der Waals surface area contributed by atoms with E-state index in [0.29, 0.717) is 11.5 Å². The average molecular weight is 295 g/mol. The Labute approximate surface area is 118 Å². The summed E-state index contributed by atoms with van der Waals surface area (Å²) in [4.78, 5) is 0.172. The molecule has 6 heteroatoms. The molecule has 5 nitrogen and oxygen atoms in total. The third-order valence-electron chi connectivity index (χ3n) is 2.89. The summed E-state index contributed by atoms with van der Waals surface area (Å²) in [5.41, 5.74) is 0.982. The summed E-state index contributed by atoms with van der Waals surface area (Å²) < 4.78 is 31.7. The van der Waals surface area contributed by atoms with Gasteiger partial charge in [0.1, 0.15) is 17.6 Å². The molecule has 0 saturated carbocycles. The van der Waals surface area contributed by atoms with E-state index < -0.39 is 16.1 Å². The van der Waals surface area contributed by atoms with E-state index >= 15 is 0 Å². The summed E-state index contributed by atoms with van der Waals surface area (Å²) in [5.74, 6) is 1.01. The Bertz CT molecular complexity index is 673. The number of benzene rings is 1. The van der Waals surface area contributed by atoms with E-state index in [-0.39, 0.29) is 11.4 Å². The predicted molar refractivity (Wildman–Crippen MR) is 74.8 cm³/mol. The molecule has 0 fully saturated rings. The van der Waals surface area contributed by atoms with Crippen molar-refractivity contribution in [3.63, 3.8) is 0 Å². The highest BCUT2D eigenvalue weighted by Gasteiger charge is 2.18. The Morgan fingerprint density at radius 3 is 2.35 bits per heavy atom. The molecule has 108 valence electrons. The zero-order chi connectivity index (χ0) is 14.8. The van der Waals surface area contributed by atoms with Gasteiger partial charge in [-0.3, -0.25) is 0 Å². The molecule has 0 saturated heterocycles. The topological polar surface area (TPSA) is 79.5 Å². The molecule has 0 aliphatic heterocycles. The number of aliphatic hydroxyl groups excluding tert-OH is 1. The molecule has 0 bridgehead atoms. The molecule has 1 heterocycles. The lowest BCUT2D eigenvalue weighted by Crippen LogP contribution is -2.28. The molecule has 0 aliphatic carbocycles. The van der Waals surface area contributed by atoms with E-state index in [9.17, 15) is 13.5 Å². The zero-order valence-corrected chi connectivity index (χ0v) is 12.1. The Balaban J connectivity index is 2.04. The Kier molecular flexibility index (Phi) is 4.27. The van der Waals surface area contributed by atoms with Crippen molar-refractivity contribution in [3.8, 4) is 0 Å². The molecule has 0 amide bonds. The van der Waals surface area contributed by atoms with Gasteiger partial charge in [-0.15, -0.1) is 0 Å². The first-order valence-corrected chi connectivity index (χ1v) is 7.67. The van der Waals surface area contributed by atoms with Crippen LogP contribution < -0.4 is 4.72 Å². The molecule has 2 aromatic rings. The Morgan fingerprint density at radius 2 is 1.80 bits per heavy atom. The van der Waals surface area contributed by atoms with Crippen LogP contribution in [0.25, 0.3) is 0 Å². The van der Waals surface area contributed by atoms with Crippen molar-refractivity contribution in [3.05, 3.63) is 53.5 Å². The molecule has 20 heavy (non-hydrogen) atoms. The van der Waals surface area contributed by atoms with Gasteiger partial charge in [0, 0.05) is 6.54 Å². The van der Waals surface area contributed by atoms with Crippen LogP contribution in [0.3, 0.4) is 0 Å². The summed E-state index contributed by atoms with van der Waals surface area (Å²) in [7, 11) is -3.62. The second-order valence-electron chi connectivity index (χ2n) is 4.63. The molecule has 1 aromatic heterocycles. The van der Waals surface area contributed by atoms with Crippen molar-refractivity contribution < 1.29 is 17.9 Å². The largest absolute Gasteiger partial charge is 0.464 e. The van der Waals surface area contributed by atoms with Crippen molar-refractivity contribution >= 4 is 10.0 Å². The van der Waals surface area contributed by atoms with E-state index in [2.05, 4.69) is 4.72 Å². The molecule has 0 aliphatic rings. The van der Waals surface area contributed by atoms with E-state index in [1.807, 2.05) is 6.92 Å². The van der Waals surface area contributed by atoms with Crippen LogP contribution >= 0.6 is 0 Å². The first-order valence-electron chi connectivity index (χ1n) is 6.19. The third-order valence-corrected chi connectivity index (χ3v) is 4.33. The number of furan rings is 1. The zero-order valence-electron chi connectivity index (χ0n) is 11.3. The number of rotatable bonds is 5. The van der Waals surface area contributed by atoms with Crippen molar-refractivity contribution in [2.45, 2.75) is 24.8 Å². The second-order valence-corrected chi connectivity index (χ2v) is 6.40. The molecule has 0 spiro atoms. The summed E-state index contributed by atoms with van der Waals surface area (Å²) in [5, 5.41) is 9.87. The fraction of sp³-hybridized carbons (Fsp3) is 0.286. The molecule has 2 rings (SSSR count). The highest BCUT2D eigenvalue weighted by Crippen LogP contribution is 2.16. The van der Waals surface area contributed by atoms with Crippen LogP contribution in [0.2, 0.25) is 0 Å². The van der Waals surface area contributed by atoms with Crippen LogP contribution in [0.1, 0.15) is 23.2 Å². The molecule has 2 N–H and O–H groups in total. The summed E-state index contributed by atoms with van der Waals surface area (Å²) in [6.45, 7) is 3.50. The van der Waals surface area contributed by atoms with E-state index in [0.717, 1.165) is 5.56 Å². The minimum Gasteiger partial charge on any atom is -0.464 e. The maximum Gasteiger partial charge on any atom is 0.240 e. The van der Waals surface area contributed by atoms with Crippen molar-refractivity contribution in [1.82, 2.24) is 4.72 Å². The summed E-state index contributed by atoms with van der Waals surface area (Å²) in [6, 6.07) is 9.84. The van der Waals surface area contributed by atoms with Gasteiger partial charge in [-0.25, -0.2) is 13.1 Å². The number of aryl methyl sites for hydroxylation is 2. The molecular weight excluding hydrogens is 278 g/mol. The number of hydrogen-bond donors (Lipinski definition) is 2. The highest BCUT2D eigenvalue weighted by atomic mass is 32.2. The maximum absolute atomic E-state index is 12.0. The number of sulfonamides is 1. The average Bonchev–Trinajstić information content (AvgIpc) is 2.83. The second kappa shape index (κ2) is 5.78. The SMILES string of the molecule is Cc1ccc(S(=O)(=O)NCC(O)c2ccc(C)o2)cc1. The summed E-state index contributed by atoms with van der Waals surface area (Å²) in [6.07, 6.45) is -1.01. The van der Waals surface area contributed by atoms with Crippen molar-refractivity contribution in [2.75, 3.05) is 6.54 Å². The first-order chi connectivity index (χ1) is 9.38. The van der Waals surface area contributed by atoms with Crippen LogP contribution in [0, 0.1) is 13.8 Å². The van der Waals surface area contributed by atoms with E-state index in [1.165, 1.54) is 12.1 Å². The van der Waals surface area contributed by atoms with Crippen molar-refractivity contribution in [1.29, 1.82) is 0 Å². The molecule has 1 unspecified atom stereocenters. The first kappa shape index (κ1) is 14.8. The predicted octanol–water partition coefficient (Wildman–Crippen LogP) is 1.91. The lowest BCUT2D eigenvalue weighted by molar-refractivity contribution is 0.152. The normalized spacial score (nSPS) is 13.3. The van der Waals surface area contributed by atoms with Crippen LogP contribution in [0.15, 0.2) is 45.7 Å². The van der Waals surface area contributed by atoms with Gasteiger partial charge in [0.05, 0.1) is 4.90 Å². The minimum atomic E-state index is -3.62. The van der Waals surface area contributed by atoms with E-state index in [1.54, 1.807) is 31.2 Å². The van der Waals surface area contributed by atoms with Gasteiger partial charge in [0.25, 0.3) is 0 Å². The molecule has 1 atom stereocenters. The van der Waals surface area contributed by atoms with Crippen molar-refractivity contribution in [2.24, 2.45) is 0 Å². The van der Waals surface area contributed by atoms with Gasteiger partial charge < -0.3 is 9.52 Å². The van der Waals surface area contributed by atoms with Gasteiger partial charge in [-0.2, -0.15) is 0 Å². The molecule has 0 radical (unpaired) electrons. The van der Waals surface area contributed by atoms with Gasteiger partial charge in [0.2, 0.25) is 10.0 Å². The standard InChI is InChI=1S/C14H17NO4S/c1-10-3-6-12(7-4-10)20(17,18)15-9-13(16)14-8-5-11(2)19-14/h3-8,13,15-16H,9H2,1-2H3. The number of hydrogen-bond acceptors (Lipinski definition) is 4. The van der Waals surface area contributed by atoms with Gasteiger partial charge in [-0.1, -0.05) is 17.7 Å². The lowest BCUT2D eigenvalue weighted by atomic mass is 10.2. The Morgan fingerprint density at radius 1 is 1.15 bits per heavy atom. The lowest BCUT2D eigenvalue weighted by Gasteiger charge is -2.10. The Hall–Kier alpha value is -1.63. The quantitative estimate of drug-likeness (QED) is 0.883. The van der Waals surface area contributed by atoms with E-state index in [4.69, 9.17) is 4.42 Å². The molecule has 1 aromatic carbocycles. The van der Waals surface area contributed by atoms with Gasteiger partial charge in [0.15, 0.2) is 0 Å². The smallest absolute Gasteiger partial charge is 0.240 e. The van der Waals surface area contributed by atoms with Crippen LogP contribution in [0.5, 0.6) is 0 Å². The van der Waals surface area contributed by atoms with Crippen LogP contribution in [-0.2, 0) is 10.0 Å². The molecular formula is C14H17NO4S. The minimum absolute atomic E-state index is 0.136. The number of nitrogens with one attached hydrogen (secondary N) is 1. The fourth-order valence-corrected chi connectivity index (χ4v) is 2.76. The third kappa shape index (κ3) is 3.47. The van der Waals surface area contributed by atoms with Gasteiger partial charge in [-0.05, 0) is 38.1 Å². The fourth-order valence-electron chi connectivity index (χ4n) is 1.72. The van der Waals surface area contributed by atoms with Crippen LogP contribution in [0.4, 0.5) is 0 Å². The summed E-state index contributed by atoms with van der Waals surface area (Å²) >= 11 is 0. The van der Waals surface area contributed by atoms with Gasteiger partial charge >= 0.3 is 0 Å². The number of aliphatic hydroxyl groups is 1. The van der Waals surface area contributed by atoms with Crippen LogP contribution in [-0.4, -0.2) is 20.1 Å². The maximum atomic E-state index is 12.0. The highest BCUT2D eigenvalue weighted by molar-refractivity contribution is 7.89. The monoisotopic (exact) mass is 295 g/mol.